The minimum Gasteiger partial charge on any atom is -0.418 e. The highest BCUT2D eigenvalue weighted by atomic mass is 31.1. The Balaban J connectivity index is -0.000000366. The van der Waals surface area contributed by atoms with E-state index in [-0.39, 0.29) is 9.35 Å². The van der Waals surface area contributed by atoms with E-state index < -0.39 is 7.25 Å². The second kappa shape index (κ2) is 13.6. The maximum atomic E-state index is 9.75. The van der Waals surface area contributed by atoms with Crippen molar-refractivity contribution in [3.8, 4) is 0 Å². The van der Waals surface area contributed by atoms with Crippen LogP contribution in [0, 0.1) is 0 Å². The normalized spacial score (nSPS) is 11.3. The average molecular weight is 291 g/mol. The highest BCUT2D eigenvalue weighted by molar-refractivity contribution is 7.57. The molecule has 0 aliphatic rings. The minimum absolute atomic E-state index is 0. The molecular formula is C12H29BF4P. The summed E-state index contributed by atoms with van der Waals surface area (Å²) in [4.78, 5) is 0. The van der Waals surface area contributed by atoms with Gasteiger partial charge in [0.15, 0.2) is 0 Å². The van der Waals surface area contributed by atoms with Crippen molar-refractivity contribution >= 4 is 15.2 Å². The standard InChI is InChI=1S/C12H27P.BF4.H/c1-4-7-10-13(11-8-5-2)12-9-6-3;2-1(3,4)5;/h4-12H2,1-3H3;;/q;-1;/p+1. The Morgan fingerprint density at radius 1 is 0.722 bits per heavy atom. The van der Waals surface area contributed by atoms with E-state index in [1.54, 1.807) is 18.5 Å². The van der Waals surface area contributed by atoms with Crippen LogP contribution >= 0.6 is 7.92 Å². The summed E-state index contributed by atoms with van der Waals surface area (Å²) < 4.78 is 39.0. The van der Waals surface area contributed by atoms with E-state index in [1.165, 1.54) is 38.5 Å². The second-order valence-electron chi connectivity index (χ2n) is 4.56. The molecule has 0 saturated carbocycles. The lowest BCUT2D eigenvalue weighted by molar-refractivity contribution is 0.368. The minimum atomic E-state index is -6.00. The van der Waals surface area contributed by atoms with Crippen LogP contribution < -0.4 is 0 Å². The molecule has 0 amide bonds. The number of hydrogen-bond acceptors (Lipinski definition) is 0. The van der Waals surface area contributed by atoms with Crippen molar-refractivity contribution in [1.29, 1.82) is 0 Å². The van der Waals surface area contributed by atoms with Gasteiger partial charge in [-0.15, -0.1) is 0 Å². The maximum Gasteiger partial charge on any atom is 0.673 e. The molecule has 6 heteroatoms. The molecule has 0 N–H and O–H groups in total. The van der Waals surface area contributed by atoms with Crippen molar-refractivity contribution in [1.82, 2.24) is 0 Å². The van der Waals surface area contributed by atoms with Crippen molar-refractivity contribution in [2.75, 3.05) is 18.5 Å². The topological polar surface area (TPSA) is 0 Å². The number of halogens is 4. The maximum absolute atomic E-state index is 9.75. The van der Waals surface area contributed by atoms with Gasteiger partial charge in [0, 0.05) is 9.35 Å². The molecule has 0 aromatic rings. The molecule has 18 heavy (non-hydrogen) atoms. The summed E-state index contributed by atoms with van der Waals surface area (Å²) in [7, 11) is -5.93. The largest absolute Gasteiger partial charge is 0.673 e. The molecule has 0 rings (SSSR count). The first kappa shape index (κ1) is 20.5. The zero-order valence-corrected chi connectivity index (χ0v) is 13.0. The molecule has 0 spiro atoms. The van der Waals surface area contributed by atoms with E-state index in [2.05, 4.69) is 20.8 Å². The van der Waals surface area contributed by atoms with Crippen LogP contribution in [-0.4, -0.2) is 25.7 Å². The van der Waals surface area contributed by atoms with Crippen LogP contribution in [-0.2, 0) is 0 Å². The molecule has 1 radical (unpaired) electrons. The molecule has 0 unspecified atom stereocenters. The monoisotopic (exact) mass is 291 g/mol. The molecule has 0 heterocycles. The number of hydrogen-bond donors (Lipinski definition) is 0. The van der Waals surface area contributed by atoms with Gasteiger partial charge in [-0.1, -0.05) is 40.0 Å². The number of rotatable bonds is 9. The predicted octanol–water partition coefficient (Wildman–Crippen LogP) is 6.01. The van der Waals surface area contributed by atoms with E-state index in [4.69, 9.17) is 0 Å². The predicted molar refractivity (Wildman–Crippen MR) is 78.9 cm³/mol. The van der Waals surface area contributed by atoms with Crippen LogP contribution in [0.1, 0.15) is 60.7 Å². The Bertz CT molecular complexity index is 145. The van der Waals surface area contributed by atoms with Gasteiger partial charge in [0.25, 0.3) is 0 Å². The van der Waals surface area contributed by atoms with Gasteiger partial charge in [-0.05, 0) is 19.3 Å². The molecule has 0 aliphatic heterocycles. The van der Waals surface area contributed by atoms with Gasteiger partial charge >= 0.3 is 7.25 Å². The molecule has 0 aliphatic carbocycles. The molecule has 0 fully saturated rings. The summed E-state index contributed by atoms with van der Waals surface area (Å²) in [5.41, 5.74) is 0. The third-order valence-corrected chi connectivity index (χ3v) is 5.83. The zero-order chi connectivity index (χ0) is 14.4. The lowest BCUT2D eigenvalue weighted by atomic mass is 10.3. The van der Waals surface area contributed by atoms with Crippen LogP contribution in [0.25, 0.3) is 0 Å². The zero-order valence-electron chi connectivity index (χ0n) is 13.0. The van der Waals surface area contributed by atoms with Crippen molar-refractivity contribution < 1.29 is 18.7 Å². The summed E-state index contributed by atoms with van der Waals surface area (Å²) in [6, 6.07) is 0. The van der Waals surface area contributed by atoms with Gasteiger partial charge in [0.05, 0.1) is 18.5 Å². The van der Waals surface area contributed by atoms with Crippen molar-refractivity contribution in [3.63, 3.8) is 0 Å². The first-order chi connectivity index (χ1) is 8.35. The van der Waals surface area contributed by atoms with E-state index in [0.717, 1.165) is 0 Å². The molecular weight excluding hydrogens is 262 g/mol. The van der Waals surface area contributed by atoms with Gasteiger partial charge in [0.1, 0.15) is 0 Å². The first-order valence-corrected chi connectivity index (χ1v) is 9.18. The fraction of sp³-hybridized carbons (Fsp3) is 1.00. The van der Waals surface area contributed by atoms with Gasteiger partial charge in [-0.3, -0.25) is 0 Å². The first-order valence-electron chi connectivity index (χ1n) is 7.05. The Kier molecular flexibility index (Phi) is 15.6. The van der Waals surface area contributed by atoms with E-state index in [0.29, 0.717) is 0 Å². The summed E-state index contributed by atoms with van der Waals surface area (Å²) >= 11 is 0. The summed E-state index contributed by atoms with van der Waals surface area (Å²) in [6.07, 6.45) is 13.4. The van der Waals surface area contributed by atoms with Crippen LogP contribution in [0.2, 0.25) is 0 Å². The molecule has 0 nitrogen and oxygen atoms in total. The smallest absolute Gasteiger partial charge is 0.418 e. The van der Waals surface area contributed by atoms with Crippen molar-refractivity contribution in [2.24, 2.45) is 0 Å². The summed E-state index contributed by atoms with van der Waals surface area (Å²) in [5.74, 6) is 0. The molecule has 0 aromatic carbocycles. The van der Waals surface area contributed by atoms with Crippen LogP contribution in [0.5, 0.6) is 0 Å². The lowest BCUT2D eigenvalue weighted by Gasteiger charge is -2.09. The molecule has 0 bridgehead atoms. The third-order valence-electron chi connectivity index (χ3n) is 2.65. The van der Waals surface area contributed by atoms with E-state index >= 15 is 0 Å². The van der Waals surface area contributed by atoms with Crippen LogP contribution in [0.3, 0.4) is 0 Å². The highest BCUT2D eigenvalue weighted by Gasteiger charge is 2.20. The lowest BCUT2D eigenvalue weighted by Crippen LogP contribution is -2.02. The van der Waals surface area contributed by atoms with Gasteiger partial charge < -0.3 is 17.3 Å². The highest BCUT2D eigenvalue weighted by Crippen LogP contribution is 2.38. The second-order valence-corrected chi connectivity index (χ2v) is 7.56. The summed E-state index contributed by atoms with van der Waals surface area (Å²) in [6.45, 7) is 6.96. The Morgan fingerprint density at radius 3 is 1.11 bits per heavy atom. The molecule has 0 saturated heterocycles. The van der Waals surface area contributed by atoms with Crippen molar-refractivity contribution in [2.45, 2.75) is 59.3 Å². The van der Waals surface area contributed by atoms with Crippen molar-refractivity contribution in [3.05, 3.63) is 0 Å². The van der Waals surface area contributed by atoms with Gasteiger partial charge in [-0.2, -0.15) is 0 Å². The Labute approximate surface area is 112 Å². The fourth-order valence-electron chi connectivity index (χ4n) is 1.66. The van der Waals surface area contributed by atoms with Gasteiger partial charge in [-0.25, -0.2) is 0 Å². The molecule has 113 valence electrons. The van der Waals surface area contributed by atoms with Crippen LogP contribution in [0.4, 0.5) is 17.3 Å². The van der Waals surface area contributed by atoms with E-state index in [9.17, 15) is 17.3 Å². The Hall–Kier alpha value is 0.215. The third kappa shape index (κ3) is 25.2. The van der Waals surface area contributed by atoms with Gasteiger partial charge in [0.2, 0.25) is 0 Å². The molecule has 0 aromatic heterocycles. The van der Waals surface area contributed by atoms with E-state index in [1.807, 2.05) is 0 Å². The Morgan fingerprint density at radius 2 is 0.944 bits per heavy atom. The van der Waals surface area contributed by atoms with Crippen LogP contribution in [0.15, 0.2) is 0 Å². The number of unbranched alkanes of at least 4 members (excludes halogenated alkanes) is 3. The SMILES string of the molecule is CCCC[PH+](CCCC)CCCC.F[B-](F)(F)F.[H]. The quantitative estimate of drug-likeness (QED) is 0.277. The molecule has 0 atom stereocenters. The fourth-order valence-corrected chi connectivity index (χ4v) is 4.97. The summed E-state index contributed by atoms with van der Waals surface area (Å²) in [5, 5.41) is 0. The average Bonchev–Trinajstić information content (AvgIpc) is 2.26.